The second kappa shape index (κ2) is 6.67. The Hall–Kier alpha value is -1.95. The number of ether oxygens (including phenoxy) is 2. The number of nitrogens with two attached hydrogens (primary N) is 1. The fourth-order valence-electron chi connectivity index (χ4n) is 2.04. The summed E-state index contributed by atoms with van der Waals surface area (Å²) in [4.78, 5) is 12.1. The van der Waals surface area contributed by atoms with E-state index in [0.717, 1.165) is 10.0 Å². The Labute approximate surface area is 131 Å². The summed E-state index contributed by atoms with van der Waals surface area (Å²) in [5.41, 5.74) is 7.50. The van der Waals surface area contributed by atoms with Crippen LogP contribution in [-0.2, 0) is 17.9 Å². The van der Waals surface area contributed by atoms with Crippen LogP contribution >= 0.6 is 15.9 Å². The summed E-state index contributed by atoms with van der Waals surface area (Å²) in [6.45, 7) is 2.73. The Morgan fingerprint density at radius 1 is 1.38 bits per heavy atom. The first-order valence-electron chi connectivity index (χ1n) is 6.50. The number of aryl methyl sites for hydroxylation is 1. The van der Waals surface area contributed by atoms with Crippen molar-refractivity contribution in [2.45, 2.75) is 20.1 Å². The Bertz CT molecular complexity index is 652. The highest BCUT2D eigenvalue weighted by atomic mass is 79.9. The molecule has 1 heterocycles. The quantitative estimate of drug-likeness (QED) is 0.839. The van der Waals surface area contributed by atoms with Gasteiger partial charge in [0.25, 0.3) is 0 Å². The topological polar surface area (TPSA) is 66.5 Å². The maximum Gasteiger partial charge on any atom is 0.355 e. The molecule has 0 unspecified atom stereocenters. The van der Waals surface area contributed by atoms with Gasteiger partial charge < -0.3 is 19.8 Å². The number of rotatable bonds is 5. The first kappa shape index (κ1) is 15.4. The van der Waals surface area contributed by atoms with Crippen molar-refractivity contribution < 1.29 is 14.3 Å². The summed E-state index contributed by atoms with van der Waals surface area (Å²) in [6.07, 6.45) is 1.72. The summed E-state index contributed by atoms with van der Waals surface area (Å²) in [7, 11) is 1.58. The number of aromatic nitrogens is 1. The van der Waals surface area contributed by atoms with Gasteiger partial charge in [-0.3, -0.25) is 0 Å². The number of halogens is 1. The van der Waals surface area contributed by atoms with Crippen molar-refractivity contribution in [2.24, 2.45) is 0 Å². The molecule has 1 aromatic carbocycles. The minimum absolute atomic E-state index is 0.135. The lowest BCUT2D eigenvalue weighted by molar-refractivity contribution is 0.0457. The van der Waals surface area contributed by atoms with Gasteiger partial charge in [0.15, 0.2) is 0 Å². The van der Waals surface area contributed by atoms with E-state index in [-0.39, 0.29) is 6.61 Å². The fraction of sp³-hybridized carbons (Fsp3) is 0.267. The first-order chi connectivity index (χ1) is 10.0. The number of nitrogen functional groups attached to an aromatic ring is 1. The molecule has 0 fully saturated rings. The van der Waals surface area contributed by atoms with Gasteiger partial charge in [-0.1, -0.05) is 15.9 Å². The number of benzene rings is 1. The largest absolute Gasteiger partial charge is 0.496 e. The molecule has 2 N–H and O–H groups in total. The van der Waals surface area contributed by atoms with E-state index < -0.39 is 5.97 Å². The summed E-state index contributed by atoms with van der Waals surface area (Å²) in [5, 5.41) is 0. The lowest BCUT2D eigenvalue weighted by Gasteiger charge is -2.10. The second-order valence-electron chi connectivity index (χ2n) is 4.48. The summed E-state index contributed by atoms with van der Waals surface area (Å²) in [6, 6.07) is 7.16. The van der Waals surface area contributed by atoms with Crippen LogP contribution in [0, 0.1) is 0 Å². The molecule has 0 spiro atoms. The molecule has 112 valence electrons. The minimum Gasteiger partial charge on any atom is -0.496 e. The van der Waals surface area contributed by atoms with E-state index >= 15 is 0 Å². The average molecular weight is 353 g/mol. The van der Waals surface area contributed by atoms with Gasteiger partial charge in [-0.25, -0.2) is 4.79 Å². The molecular formula is C15H17BrN2O3. The standard InChI is InChI=1S/C15H17BrN2O3/c1-3-18-8-12(17)7-13(18)15(19)21-9-10-6-11(16)4-5-14(10)20-2/h4-8H,3,9,17H2,1-2H3. The molecule has 0 aliphatic carbocycles. The van der Waals surface area contributed by atoms with Gasteiger partial charge in [0, 0.05) is 22.8 Å². The summed E-state index contributed by atoms with van der Waals surface area (Å²) < 4.78 is 13.3. The zero-order chi connectivity index (χ0) is 15.4. The number of hydrogen-bond acceptors (Lipinski definition) is 4. The smallest absolute Gasteiger partial charge is 0.355 e. The summed E-state index contributed by atoms with van der Waals surface area (Å²) >= 11 is 3.39. The van der Waals surface area contributed by atoms with Gasteiger partial charge in [0.1, 0.15) is 18.1 Å². The Morgan fingerprint density at radius 2 is 2.14 bits per heavy atom. The third-order valence-electron chi connectivity index (χ3n) is 3.07. The predicted octanol–water partition coefficient (Wildman–Crippen LogP) is 3.22. The van der Waals surface area contributed by atoms with Gasteiger partial charge in [-0.15, -0.1) is 0 Å². The molecule has 6 heteroatoms. The molecule has 0 aliphatic rings. The SMILES string of the molecule is CCn1cc(N)cc1C(=O)OCc1cc(Br)ccc1OC. The third kappa shape index (κ3) is 3.58. The zero-order valence-corrected chi connectivity index (χ0v) is 13.5. The number of methoxy groups -OCH3 is 1. The lowest BCUT2D eigenvalue weighted by atomic mass is 10.2. The number of hydrogen-bond donors (Lipinski definition) is 1. The van der Waals surface area contributed by atoms with E-state index in [1.807, 2.05) is 25.1 Å². The molecule has 0 saturated carbocycles. The number of nitrogens with zero attached hydrogens (tertiary/aromatic N) is 1. The van der Waals surface area contributed by atoms with E-state index in [0.29, 0.717) is 23.7 Å². The van der Waals surface area contributed by atoms with E-state index in [9.17, 15) is 4.79 Å². The number of anilines is 1. The highest BCUT2D eigenvalue weighted by Gasteiger charge is 2.15. The van der Waals surface area contributed by atoms with Crippen molar-refractivity contribution in [3.05, 3.63) is 46.2 Å². The number of carbonyl (C=O) groups excluding carboxylic acids is 1. The molecule has 0 saturated heterocycles. The van der Waals surface area contributed by atoms with Crippen molar-refractivity contribution >= 4 is 27.6 Å². The zero-order valence-electron chi connectivity index (χ0n) is 11.9. The van der Waals surface area contributed by atoms with Gasteiger partial charge in [0.05, 0.1) is 12.8 Å². The van der Waals surface area contributed by atoms with Crippen LogP contribution in [0.1, 0.15) is 23.0 Å². The van der Waals surface area contributed by atoms with E-state index in [1.165, 1.54) is 0 Å². The maximum absolute atomic E-state index is 12.1. The van der Waals surface area contributed by atoms with E-state index in [1.54, 1.807) is 23.9 Å². The van der Waals surface area contributed by atoms with Gasteiger partial charge >= 0.3 is 5.97 Å². The van der Waals surface area contributed by atoms with Crippen LogP contribution in [0.5, 0.6) is 5.75 Å². The van der Waals surface area contributed by atoms with Gasteiger partial charge in [-0.2, -0.15) is 0 Å². The van der Waals surface area contributed by atoms with Crippen LogP contribution in [0.15, 0.2) is 34.9 Å². The molecule has 0 atom stereocenters. The molecule has 0 radical (unpaired) electrons. The monoisotopic (exact) mass is 352 g/mol. The maximum atomic E-state index is 12.1. The van der Waals surface area contributed by atoms with Crippen molar-refractivity contribution in [1.82, 2.24) is 4.57 Å². The molecule has 0 amide bonds. The Kier molecular flexibility index (Phi) is 4.90. The van der Waals surface area contributed by atoms with Crippen LogP contribution < -0.4 is 10.5 Å². The number of esters is 1. The molecule has 0 bridgehead atoms. The van der Waals surface area contributed by atoms with E-state index in [4.69, 9.17) is 15.2 Å². The van der Waals surface area contributed by atoms with Gasteiger partial charge in [0.2, 0.25) is 0 Å². The van der Waals surface area contributed by atoms with Crippen molar-refractivity contribution in [3.63, 3.8) is 0 Å². The molecular weight excluding hydrogens is 336 g/mol. The summed E-state index contributed by atoms with van der Waals surface area (Å²) in [5.74, 6) is 0.270. The normalized spacial score (nSPS) is 10.4. The molecule has 2 aromatic rings. The van der Waals surface area contributed by atoms with Crippen molar-refractivity contribution in [2.75, 3.05) is 12.8 Å². The van der Waals surface area contributed by atoms with Crippen LogP contribution in [-0.4, -0.2) is 17.6 Å². The van der Waals surface area contributed by atoms with Crippen molar-refractivity contribution in [3.8, 4) is 5.75 Å². The average Bonchev–Trinajstić information content (AvgIpc) is 2.86. The Balaban J connectivity index is 2.12. The molecule has 21 heavy (non-hydrogen) atoms. The Morgan fingerprint density at radius 3 is 2.81 bits per heavy atom. The fourth-order valence-corrected chi connectivity index (χ4v) is 2.45. The van der Waals surface area contributed by atoms with Crippen LogP contribution in [0.2, 0.25) is 0 Å². The lowest BCUT2D eigenvalue weighted by Crippen LogP contribution is -2.11. The van der Waals surface area contributed by atoms with Gasteiger partial charge in [-0.05, 0) is 31.2 Å². The van der Waals surface area contributed by atoms with Crippen LogP contribution in [0.25, 0.3) is 0 Å². The molecule has 5 nitrogen and oxygen atoms in total. The molecule has 2 rings (SSSR count). The first-order valence-corrected chi connectivity index (χ1v) is 7.29. The predicted molar refractivity (Wildman–Crippen MR) is 84.3 cm³/mol. The molecule has 1 aromatic heterocycles. The van der Waals surface area contributed by atoms with Crippen molar-refractivity contribution in [1.29, 1.82) is 0 Å². The third-order valence-corrected chi connectivity index (χ3v) is 3.56. The van der Waals surface area contributed by atoms with Crippen LogP contribution in [0.3, 0.4) is 0 Å². The van der Waals surface area contributed by atoms with E-state index in [2.05, 4.69) is 15.9 Å². The number of carbonyl (C=O) groups is 1. The second-order valence-corrected chi connectivity index (χ2v) is 5.39. The highest BCUT2D eigenvalue weighted by molar-refractivity contribution is 9.10. The highest BCUT2D eigenvalue weighted by Crippen LogP contribution is 2.24. The van der Waals surface area contributed by atoms with Crippen LogP contribution in [0.4, 0.5) is 5.69 Å². The molecule has 0 aliphatic heterocycles. The minimum atomic E-state index is -0.407.